The van der Waals surface area contributed by atoms with Crippen molar-refractivity contribution in [3.05, 3.63) is 46.0 Å². The lowest BCUT2D eigenvalue weighted by atomic mass is 9.81. The van der Waals surface area contributed by atoms with Crippen molar-refractivity contribution in [2.75, 3.05) is 20.3 Å². The van der Waals surface area contributed by atoms with Gasteiger partial charge in [0.15, 0.2) is 23.6 Å². The van der Waals surface area contributed by atoms with Gasteiger partial charge in [0.05, 0.1) is 37.0 Å². The fourth-order valence-corrected chi connectivity index (χ4v) is 5.44. The first-order valence-corrected chi connectivity index (χ1v) is 13.5. The number of ketones is 2. The summed E-state index contributed by atoms with van der Waals surface area (Å²) in [7, 11) is 1.17. The van der Waals surface area contributed by atoms with E-state index in [1.165, 1.54) is 19.2 Å². The second-order valence-electron chi connectivity index (χ2n) is 10.7. The van der Waals surface area contributed by atoms with Gasteiger partial charge >= 0.3 is 0 Å². The molecule has 44 heavy (non-hydrogen) atoms. The largest absolute Gasteiger partial charge is 0.507 e. The van der Waals surface area contributed by atoms with E-state index in [0.717, 1.165) is 6.07 Å². The maximum absolute atomic E-state index is 13.6. The number of aryl methyl sites for hydroxylation is 1. The van der Waals surface area contributed by atoms with Crippen LogP contribution in [0.1, 0.15) is 37.4 Å². The molecule has 9 N–H and O–H groups in total. The van der Waals surface area contributed by atoms with Crippen LogP contribution in [0.2, 0.25) is 0 Å². The summed E-state index contributed by atoms with van der Waals surface area (Å²) in [6.07, 6.45) is -17.1. The minimum absolute atomic E-state index is 0.174. The van der Waals surface area contributed by atoms with Crippen LogP contribution in [0.25, 0.3) is 0 Å². The van der Waals surface area contributed by atoms with E-state index in [9.17, 15) is 55.5 Å². The van der Waals surface area contributed by atoms with E-state index in [4.69, 9.17) is 23.7 Å². The molecule has 0 spiro atoms. The Morgan fingerprint density at radius 1 is 0.727 bits per heavy atom. The number of ether oxygens (including phenoxy) is 5. The van der Waals surface area contributed by atoms with Gasteiger partial charge in [0.25, 0.3) is 0 Å². The predicted octanol–water partition coefficient (Wildman–Crippen LogP) is -2.81. The zero-order valence-corrected chi connectivity index (χ0v) is 23.3. The second-order valence-corrected chi connectivity index (χ2v) is 10.7. The van der Waals surface area contributed by atoms with Gasteiger partial charge in [-0.2, -0.15) is 0 Å². The van der Waals surface area contributed by atoms with E-state index in [-0.39, 0.29) is 16.9 Å². The van der Waals surface area contributed by atoms with E-state index in [1.54, 1.807) is 6.92 Å². The second kappa shape index (κ2) is 12.2. The van der Waals surface area contributed by atoms with Gasteiger partial charge in [-0.05, 0) is 24.6 Å². The maximum Gasteiger partial charge on any atom is 0.229 e. The third kappa shape index (κ3) is 5.28. The fraction of sp³-hybridized carbons (Fsp3) is 0.500. The van der Waals surface area contributed by atoms with Gasteiger partial charge in [-0.15, -0.1) is 0 Å². The summed E-state index contributed by atoms with van der Waals surface area (Å²) in [5.74, 6) is -3.67. The average molecular weight is 625 g/mol. The smallest absolute Gasteiger partial charge is 0.229 e. The number of carbonyl (C=O) groups is 2. The number of aromatic hydroxyl groups is 2. The van der Waals surface area contributed by atoms with E-state index < -0.39 is 115 Å². The van der Waals surface area contributed by atoms with Crippen molar-refractivity contribution in [1.29, 1.82) is 0 Å². The van der Waals surface area contributed by atoms with E-state index >= 15 is 0 Å². The van der Waals surface area contributed by atoms with Gasteiger partial charge in [-0.1, -0.05) is 0 Å². The van der Waals surface area contributed by atoms with Crippen molar-refractivity contribution < 1.29 is 79.2 Å². The Balaban J connectivity index is 1.44. The van der Waals surface area contributed by atoms with Gasteiger partial charge in [-0.25, -0.2) is 0 Å². The molecule has 16 nitrogen and oxygen atoms in total. The van der Waals surface area contributed by atoms with Crippen molar-refractivity contribution in [1.82, 2.24) is 0 Å². The van der Waals surface area contributed by atoms with E-state index in [0.29, 0.717) is 5.56 Å². The molecule has 0 amide bonds. The first kappa shape index (κ1) is 32.0. The fourth-order valence-electron chi connectivity index (χ4n) is 5.44. The molecule has 2 fully saturated rings. The molecule has 0 bridgehead atoms. The normalized spacial score (nSPS) is 33.5. The molecular weight excluding hydrogens is 592 g/mol. The van der Waals surface area contributed by atoms with Crippen molar-refractivity contribution in [3.63, 3.8) is 0 Å². The van der Waals surface area contributed by atoms with Crippen molar-refractivity contribution in [3.8, 4) is 23.0 Å². The topological polar surface area (TPSA) is 262 Å². The molecule has 3 aliphatic rings. The average Bonchev–Trinajstić information content (AvgIpc) is 2.99. The number of methoxy groups -OCH3 is 1. The first-order chi connectivity index (χ1) is 20.8. The number of rotatable bonds is 7. The highest BCUT2D eigenvalue weighted by Crippen LogP contribution is 2.46. The molecule has 16 heteroatoms. The summed E-state index contributed by atoms with van der Waals surface area (Å²) in [5.41, 5.74) is -1.06. The molecule has 5 rings (SSSR count). The summed E-state index contributed by atoms with van der Waals surface area (Å²) in [5, 5.41) is 92.7. The minimum atomic E-state index is -1.94. The lowest BCUT2D eigenvalue weighted by molar-refractivity contribution is -0.323. The highest BCUT2D eigenvalue weighted by atomic mass is 16.7. The molecule has 2 aromatic carbocycles. The van der Waals surface area contributed by atoms with Gasteiger partial charge in [0, 0.05) is 11.6 Å². The monoisotopic (exact) mass is 624 g/mol. The lowest BCUT2D eigenvalue weighted by Crippen LogP contribution is -2.62. The Morgan fingerprint density at radius 3 is 1.98 bits per heavy atom. The number of fused-ring (bicyclic) bond motifs is 2. The lowest BCUT2D eigenvalue weighted by Gasteiger charge is -2.42. The molecule has 2 aliphatic heterocycles. The molecular formula is C28H32O16. The number of hydrogen-bond donors (Lipinski definition) is 9. The Kier molecular flexibility index (Phi) is 8.85. The number of aliphatic hydroxyl groups is 7. The molecule has 10 atom stereocenters. The first-order valence-electron chi connectivity index (χ1n) is 13.5. The number of hydrogen-bond acceptors (Lipinski definition) is 16. The van der Waals surface area contributed by atoms with Gasteiger partial charge in [0.1, 0.15) is 60.3 Å². The highest BCUT2D eigenvalue weighted by Gasteiger charge is 2.48. The quantitative estimate of drug-likeness (QED) is 0.128. The molecule has 0 radical (unpaired) electrons. The summed E-state index contributed by atoms with van der Waals surface area (Å²) in [6, 6.07) is 3.66. The van der Waals surface area contributed by atoms with Crippen LogP contribution in [0.3, 0.4) is 0 Å². The summed E-state index contributed by atoms with van der Waals surface area (Å²) >= 11 is 0. The minimum Gasteiger partial charge on any atom is -0.507 e. The summed E-state index contributed by atoms with van der Waals surface area (Å²) in [4.78, 5) is 27.1. The van der Waals surface area contributed by atoms with E-state index in [1.807, 2.05) is 0 Å². The van der Waals surface area contributed by atoms with Crippen LogP contribution >= 0.6 is 0 Å². The van der Waals surface area contributed by atoms with Crippen molar-refractivity contribution >= 4 is 11.6 Å². The molecule has 2 aromatic rings. The summed E-state index contributed by atoms with van der Waals surface area (Å²) < 4.78 is 27.2. The van der Waals surface area contributed by atoms with Crippen LogP contribution in [0.4, 0.5) is 0 Å². The summed E-state index contributed by atoms with van der Waals surface area (Å²) in [6.45, 7) is 0.215. The van der Waals surface area contributed by atoms with Crippen molar-refractivity contribution in [2.45, 2.75) is 68.3 Å². The zero-order chi connectivity index (χ0) is 32.2. The Morgan fingerprint density at radius 2 is 1.34 bits per heavy atom. The van der Waals surface area contributed by atoms with Crippen molar-refractivity contribution in [2.24, 2.45) is 0 Å². The van der Waals surface area contributed by atoms with Crippen LogP contribution in [0.5, 0.6) is 23.0 Å². The van der Waals surface area contributed by atoms with Crippen LogP contribution in [-0.2, 0) is 14.2 Å². The highest BCUT2D eigenvalue weighted by molar-refractivity contribution is 6.31. The maximum atomic E-state index is 13.6. The molecule has 0 unspecified atom stereocenters. The van der Waals surface area contributed by atoms with Crippen LogP contribution in [-0.4, -0.2) is 139 Å². The number of phenols is 2. The Hall–Kier alpha value is -3.42. The molecule has 2 saturated heterocycles. The van der Waals surface area contributed by atoms with Gasteiger partial charge in [0.2, 0.25) is 12.1 Å². The number of aliphatic hydroxyl groups excluding tert-OH is 7. The standard InChI is InChI=1S/C28H32O16/c1-8-3-9-15(10(30)4-8)22(35)16-11(5-12(40-2)19(32)17(16)18(9)31)42-28-26(39)24(37)21(34)14(44-28)7-41-27-25(38)23(36)20(33)13(6-29)43-27/h3-5,13-14,20-21,23-30,32-34,36-39H,6-7H2,1-2H3/t13-,14-,20-,21-,23+,24+,25-,26-,27-,28-/m1/s1. The zero-order valence-electron chi connectivity index (χ0n) is 23.3. The number of carbonyl (C=O) groups excluding carboxylic acids is 2. The Bertz CT molecular complexity index is 1440. The molecule has 0 saturated carbocycles. The predicted molar refractivity (Wildman–Crippen MR) is 141 cm³/mol. The van der Waals surface area contributed by atoms with Crippen LogP contribution in [0.15, 0.2) is 18.2 Å². The Labute approximate surface area is 248 Å². The molecule has 2 heterocycles. The number of phenolic OH excluding ortho intramolecular Hbond substituents is 2. The van der Waals surface area contributed by atoms with E-state index in [2.05, 4.69) is 0 Å². The SMILES string of the molecule is COc1cc(O[C@@H]2O[C@H](CO[C@@H]3O[C@H](CO)[C@@H](O)[C@H](O)[C@H]3O)[C@@H](O)[C@H](O)[C@H]2O)c2c(c1O)C(=O)c1cc(C)cc(O)c1C2=O. The number of benzene rings is 2. The van der Waals surface area contributed by atoms with Crippen LogP contribution < -0.4 is 9.47 Å². The third-order valence-electron chi connectivity index (χ3n) is 7.82. The molecule has 1 aliphatic carbocycles. The molecule has 0 aromatic heterocycles. The molecule has 240 valence electrons. The third-order valence-corrected chi connectivity index (χ3v) is 7.82. The van der Waals surface area contributed by atoms with Crippen LogP contribution in [0, 0.1) is 6.92 Å². The van der Waals surface area contributed by atoms with Gasteiger partial charge in [-0.3, -0.25) is 9.59 Å². The van der Waals surface area contributed by atoms with Gasteiger partial charge < -0.3 is 69.6 Å².